The molecule has 1 saturated carbocycles. The zero-order chi connectivity index (χ0) is 28.6. The van der Waals surface area contributed by atoms with Gasteiger partial charge in [0.05, 0.1) is 23.9 Å². The molecular weight excluding hydrogens is 544 g/mol. The number of carboxylic acid groups (broad SMARTS) is 2. The molecule has 8 nitrogen and oxygen atoms in total. The van der Waals surface area contributed by atoms with Crippen molar-refractivity contribution < 1.29 is 50.9 Å². The highest BCUT2D eigenvalue weighted by molar-refractivity contribution is 7.09. The summed E-state index contributed by atoms with van der Waals surface area (Å²) in [5, 5.41) is 17.5. The molecule has 2 aromatic heterocycles. The average molecular weight is 572 g/mol. The Morgan fingerprint density at radius 3 is 2.21 bits per heavy atom. The van der Waals surface area contributed by atoms with Crippen molar-refractivity contribution in [1.82, 2.24) is 14.9 Å². The lowest BCUT2D eigenvalue weighted by Gasteiger charge is -2.28. The molecular formula is C23H27F6N3O5S. The van der Waals surface area contributed by atoms with Crippen molar-refractivity contribution in [1.29, 1.82) is 0 Å². The molecule has 4 rings (SSSR count). The van der Waals surface area contributed by atoms with Crippen LogP contribution in [0, 0.1) is 18.3 Å². The number of ether oxygens (including phenoxy) is 1. The molecule has 2 fully saturated rings. The Labute approximate surface area is 218 Å². The largest absolute Gasteiger partial charge is 0.490 e. The van der Waals surface area contributed by atoms with Crippen LogP contribution >= 0.6 is 11.3 Å². The van der Waals surface area contributed by atoms with Gasteiger partial charge >= 0.3 is 24.3 Å². The predicted octanol–water partition coefficient (Wildman–Crippen LogP) is 4.93. The van der Waals surface area contributed by atoms with Crippen molar-refractivity contribution in [2.75, 3.05) is 19.7 Å². The highest BCUT2D eigenvalue weighted by Gasteiger charge is 2.49. The van der Waals surface area contributed by atoms with E-state index in [4.69, 9.17) is 24.5 Å². The number of alkyl halides is 6. The van der Waals surface area contributed by atoms with Crippen LogP contribution in [0.5, 0.6) is 0 Å². The second kappa shape index (κ2) is 13.3. The predicted molar refractivity (Wildman–Crippen MR) is 123 cm³/mol. The van der Waals surface area contributed by atoms with Gasteiger partial charge in [-0.3, -0.25) is 9.88 Å². The number of carboxylic acids is 2. The second-order valence-electron chi connectivity index (χ2n) is 8.93. The van der Waals surface area contributed by atoms with Gasteiger partial charge in [-0.2, -0.15) is 26.3 Å². The zero-order valence-electron chi connectivity index (χ0n) is 20.3. The maximum absolute atomic E-state index is 10.6. The van der Waals surface area contributed by atoms with Crippen LogP contribution in [0.2, 0.25) is 0 Å². The molecule has 2 N–H and O–H groups in total. The van der Waals surface area contributed by atoms with Crippen molar-refractivity contribution in [3.8, 4) is 0 Å². The molecule has 3 heterocycles. The van der Waals surface area contributed by atoms with E-state index in [9.17, 15) is 26.3 Å². The minimum atomic E-state index is -5.08. The number of fused-ring (bicyclic) bond motifs is 1. The number of rotatable bonds is 6. The standard InChI is InChI=1S/C19H25N3OS.2C2HF3O2/c1-15-21-18(12-24-15)11-23-14-19-6-2-3-17(19)10-22(13-19)9-16-4-7-20-8-5-16;2*3-2(4,5)1(6)7/h4-5,7-8,12,17H,2-3,6,9-11,13-14H2,1H3;2*(H,6,7)/t17-,19+;;/m1../s1. The number of hydrogen-bond acceptors (Lipinski definition) is 7. The van der Waals surface area contributed by atoms with Crippen LogP contribution in [-0.2, 0) is 27.5 Å². The minimum absolute atomic E-state index is 0.359. The van der Waals surface area contributed by atoms with Crippen LogP contribution in [0.15, 0.2) is 29.9 Å². The van der Waals surface area contributed by atoms with E-state index < -0.39 is 24.3 Å². The molecule has 0 aromatic carbocycles. The van der Waals surface area contributed by atoms with E-state index in [0.29, 0.717) is 12.0 Å². The van der Waals surface area contributed by atoms with Crippen LogP contribution in [0.1, 0.15) is 35.5 Å². The molecule has 2 aromatic rings. The lowest BCUT2D eigenvalue weighted by molar-refractivity contribution is -0.193. The number of hydrogen-bond donors (Lipinski definition) is 2. The third kappa shape index (κ3) is 9.83. The first-order valence-corrected chi connectivity index (χ1v) is 12.2. The molecule has 1 aliphatic carbocycles. The van der Waals surface area contributed by atoms with E-state index >= 15 is 0 Å². The number of aryl methyl sites for hydroxylation is 1. The summed E-state index contributed by atoms with van der Waals surface area (Å²) in [6, 6.07) is 4.25. The van der Waals surface area contributed by atoms with Gasteiger partial charge in [0.15, 0.2) is 0 Å². The number of aliphatic carboxylic acids is 2. The normalized spacial score (nSPS) is 21.1. The van der Waals surface area contributed by atoms with Gasteiger partial charge in [0.25, 0.3) is 0 Å². The van der Waals surface area contributed by atoms with E-state index in [1.165, 1.54) is 31.4 Å². The third-order valence-electron chi connectivity index (χ3n) is 6.06. The summed E-state index contributed by atoms with van der Waals surface area (Å²) in [7, 11) is 0. The Balaban J connectivity index is 0.000000301. The molecule has 0 spiro atoms. The topological polar surface area (TPSA) is 113 Å². The second-order valence-corrected chi connectivity index (χ2v) is 10.00. The molecule has 0 radical (unpaired) electrons. The van der Waals surface area contributed by atoms with Crippen molar-refractivity contribution in [3.63, 3.8) is 0 Å². The maximum Gasteiger partial charge on any atom is 0.490 e. The first-order chi connectivity index (χ1) is 17.6. The van der Waals surface area contributed by atoms with Crippen LogP contribution in [-0.4, -0.2) is 69.1 Å². The first kappa shape index (κ1) is 31.4. The summed E-state index contributed by atoms with van der Waals surface area (Å²) in [5.41, 5.74) is 2.80. The number of aromatic nitrogens is 2. The number of halogens is 6. The van der Waals surface area contributed by atoms with E-state index in [1.807, 2.05) is 19.3 Å². The lowest BCUT2D eigenvalue weighted by Crippen LogP contribution is -2.32. The molecule has 2 aliphatic rings. The minimum Gasteiger partial charge on any atom is -0.475 e. The molecule has 15 heteroatoms. The van der Waals surface area contributed by atoms with E-state index in [-0.39, 0.29) is 0 Å². The molecule has 0 bridgehead atoms. The fraction of sp³-hybridized carbons (Fsp3) is 0.565. The Morgan fingerprint density at radius 2 is 1.71 bits per heavy atom. The summed E-state index contributed by atoms with van der Waals surface area (Å²) in [5.74, 6) is -4.73. The lowest BCUT2D eigenvalue weighted by atomic mass is 9.81. The smallest absolute Gasteiger partial charge is 0.475 e. The van der Waals surface area contributed by atoms with Crippen LogP contribution in [0.25, 0.3) is 0 Å². The summed E-state index contributed by atoms with van der Waals surface area (Å²) in [6.45, 7) is 6.99. The fourth-order valence-electron chi connectivity index (χ4n) is 4.46. The third-order valence-corrected chi connectivity index (χ3v) is 6.88. The number of thiazole rings is 1. The van der Waals surface area contributed by atoms with Gasteiger partial charge in [-0.15, -0.1) is 11.3 Å². The van der Waals surface area contributed by atoms with Crippen molar-refractivity contribution in [3.05, 3.63) is 46.2 Å². The highest BCUT2D eigenvalue weighted by Crippen LogP contribution is 2.49. The Morgan fingerprint density at radius 1 is 1.13 bits per heavy atom. The number of nitrogens with zero attached hydrogens (tertiary/aromatic N) is 3. The van der Waals surface area contributed by atoms with Gasteiger partial charge in [0, 0.05) is 42.8 Å². The quantitative estimate of drug-likeness (QED) is 0.470. The van der Waals surface area contributed by atoms with Gasteiger partial charge < -0.3 is 14.9 Å². The molecule has 1 saturated heterocycles. The molecule has 0 unspecified atom stereocenters. The Bertz CT molecular complexity index is 1030. The summed E-state index contributed by atoms with van der Waals surface area (Å²) < 4.78 is 69.6. The molecule has 0 amide bonds. The van der Waals surface area contributed by atoms with Gasteiger partial charge in [0.1, 0.15) is 0 Å². The molecule has 38 heavy (non-hydrogen) atoms. The van der Waals surface area contributed by atoms with Crippen molar-refractivity contribution >= 4 is 23.3 Å². The SMILES string of the molecule is Cc1nc(COC[C@@]23CCC[C@@H]2CN(Cc2ccncc2)C3)cs1.O=C(O)C(F)(F)F.O=C(O)C(F)(F)F. The number of pyridine rings is 1. The van der Waals surface area contributed by atoms with Crippen LogP contribution in [0.3, 0.4) is 0 Å². The van der Waals surface area contributed by atoms with E-state index in [1.54, 1.807) is 11.3 Å². The first-order valence-electron chi connectivity index (χ1n) is 11.3. The van der Waals surface area contributed by atoms with E-state index in [2.05, 4.69) is 32.4 Å². The highest BCUT2D eigenvalue weighted by atomic mass is 32.1. The Kier molecular flexibility index (Phi) is 11.0. The number of likely N-dealkylation sites (tertiary alicyclic amines) is 1. The Hall–Kier alpha value is -2.78. The summed E-state index contributed by atoms with van der Waals surface area (Å²) >= 11 is 1.70. The zero-order valence-corrected chi connectivity index (χ0v) is 21.1. The van der Waals surface area contributed by atoms with Crippen LogP contribution in [0.4, 0.5) is 26.3 Å². The van der Waals surface area contributed by atoms with Crippen molar-refractivity contribution in [2.45, 2.75) is 51.7 Å². The van der Waals surface area contributed by atoms with Gasteiger partial charge in [-0.25, -0.2) is 14.6 Å². The van der Waals surface area contributed by atoms with Gasteiger partial charge in [-0.05, 0) is 43.4 Å². The maximum atomic E-state index is 10.6. The van der Waals surface area contributed by atoms with Crippen molar-refractivity contribution in [2.24, 2.45) is 11.3 Å². The molecule has 2 atom stereocenters. The number of carbonyl (C=O) groups is 2. The summed E-state index contributed by atoms with van der Waals surface area (Å²) in [4.78, 5) is 29.0. The average Bonchev–Trinajstić information content (AvgIpc) is 3.48. The van der Waals surface area contributed by atoms with Gasteiger partial charge in [0.2, 0.25) is 0 Å². The summed E-state index contributed by atoms with van der Waals surface area (Å²) in [6.07, 6.45) is -2.37. The fourth-order valence-corrected chi connectivity index (χ4v) is 5.06. The molecule has 212 valence electrons. The molecule has 1 aliphatic heterocycles. The monoisotopic (exact) mass is 571 g/mol. The van der Waals surface area contributed by atoms with Gasteiger partial charge in [-0.1, -0.05) is 6.42 Å². The van der Waals surface area contributed by atoms with E-state index in [0.717, 1.165) is 36.3 Å². The van der Waals surface area contributed by atoms with Crippen LogP contribution < -0.4 is 0 Å².